The SMILES string of the molecule is CCOC(=O)Cc1cccc(OCCCOc2cc(O)c(C(C)=O)cc2CC)c1. The van der Waals surface area contributed by atoms with E-state index in [9.17, 15) is 14.7 Å². The smallest absolute Gasteiger partial charge is 0.310 e. The molecular weight excluding hydrogens is 372 g/mol. The third-order valence-electron chi connectivity index (χ3n) is 4.31. The van der Waals surface area contributed by atoms with Gasteiger partial charge in [-0.1, -0.05) is 19.1 Å². The van der Waals surface area contributed by atoms with E-state index in [1.807, 2.05) is 31.2 Å². The molecule has 0 saturated heterocycles. The molecule has 0 aliphatic heterocycles. The number of benzene rings is 2. The number of phenols is 1. The van der Waals surface area contributed by atoms with Crippen LogP contribution in [0.25, 0.3) is 0 Å². The highest BCUT2D eigenvalue weighted by molar-refractivity contribution is 5.97. The van der Waals surface area contributed by atoms with Crippen molar-refractivity contribution in [1.29, 1.82) is 0 Å². The number of phenolic OH excluding ortho intramolecular Hbond substituents is 1. The summed E-state index contributed by atoms with van der Waals surface area (Å²) >= 11 is 0. The zero-order chi connectivity index (χ0) is 21.2. The Morgan fingerprint density at radius 1 is 1.03 bits per heavy atom. The summed E-state index contributed by atoms with van der Waals surface area (Å²) in [5.74, 6) is 0.751. The number of aryl methyl sites for hydroxylation is 1. The molecule has 6 heteroatoms. The van der Waals surface area contributed by atoms with Gasteiger partial charge in [0.1, 0.15) is 17.2 Å². The van der Waals surface area contributed by atoms with Gasteiger partial charge in [-0.25, -0.2) is 0 Å². The van der Waals surface area contributed by atoms with Crippen molar-refractivity contribution < 1.29 is 28.9 Å². The van der Waals surface area contributed by atoms with E-state index < -0.39 is 0 Å². The molecule has 0 aromatic heterocycles. The van der Waals surface area contributed by atoms with Gasteiger partial charge in [0.05, 0.1) is 31.8 Å². The van der Waals surface area contributed by atoms with Crippen LogP contribution in [0.2, 0.25) is 0 Å². The normalized spacial score (nSPS) is 10.4. The maximum Gasteiger partial charge on any atom is 0.310 e. The molecule has 0 unspecified atom stereocenters. The Morgan fingerprint density at radius 3 is 2.48 bits per heavy atom. The minimum absolute atomic E-state index is 0.0700. The Hall–Kier alpha value is -3.02. The fourth-order valence-electron chi connectivity index (χ4n) is 2.86. The monoisotopic (exact) mass is 400 g/mol. The molecule has 156 valence electrons. The zero-order valence-corrected chi connectivity index (χ0v) is 17.2. The predicted octanol–water partition coefficient (Wildman–Crippen LogP) is 4.11. The minimum atomic E-state index is -0.260. The zero-order valence-electron chi connectivity index (χ0n) is 17.2. The number of ether oxygens (including phenoxy) is 3. The number of carbonyl (C=O) groups is 2. The van der Waals surface area contributed by atoms with Gasteiger partial charge in [-0.3, -0.25) is 9.59 Å². The lowest BCUT2D eigenvalue weighted by Gasteiger charge is -2.13. The fourth-order valence-corrected chi connectivity index (χ4v) is 2.86. The van der Waals surface area contributed by atoms with Crippen molar-refractivity contribution in [3.63, 3.8) is 0 Å². The van der Waals surface area contributed by atoms with Crippen LogP contribution in [0.3, 0.4) is 0 Å². The molecule has 6 nitrogen and oxygen atoms in total. The van der Waals surface area contributed by atoms with Crippen molar-refractivity contribution >= 4 is 11.8 Å². The second-order valence-corrected chi connectivity index (χ2v) is 6.57. The van der Waals surface area contributed by atoms with E-state index in [1.165, 1.54) is 13.0 Å². The van der Waals surface area contributed by atoms with Crippen molar-refractivity contribution in [3.05, 3.63) is 53.1 Å². The summed E-state index contributed by atoms with van der Waals surface area (Å²) in [6.07, 6.45) is 1.55. The molecule has 0 bridgehead atoms. The summed E-state index contributed by atoms with van der Waals surface area (Å²) in [6, 6.07) is 10.5. The first-order chi connectivity index (χ1) is 13.9. The first-order valence-electron chi connectivity index (χ1n) is 9.81. The number of Topliss-reactive ketones (excluding diaryl/α,β-unsaturated/α-hetero) is 1. The van der Waals surface area contributed by atoms with Crippen LogP contribution in [-0.2, 0) is 22.4 Å². The van der Waals surface area contributed by atoms with Crippen LogP contribution in [-0.4, -0.2) is 36.7 Å². The Bertz CT molecular complexity index is 843. The van der Waals surface area contributed by atoms with Crippen LogP contribution in [0, 0.1) is 0 Å². The van der Waals surface area contributed by atoms with Crippen molar-refractivity contribution in [2.24, 2.45) is 0 Å². The maximum absolute atomic E-state index is 11.6. The van der Waals surface area contributed by atoms with Crippen molar-refractivity contribution in [2.45, 2.75) is 40.0 Å². The minimum Gasteiger partial charge on any atom is -0.507 e. The van der Waals surface area contributed by atoms with Crippen molar-refractivity contribution in [1.82, 2.24) is 0 Å². The van der Waals surface area contributed by atoms with Crippen LogP contribution in [0.1, 0.15) is 48.7 Å². The van der Waals surface area contributed by atoms with Gasteiger partial charge in [0.15, 0.2) is 5.78 Å². The highest BCUT2D eigenvalue weighted by Crippen LogP contribution is 2.29. The van der Waals surface area contributed by atoms with Gasteiger partial charge in [-0.05, 0) is 49.6 Å². The van der Waals surface area contributed by atoms with E-state index in [2.05, 4.69) is 0 Å². The third-order valence-corrected chi connectivity index (χ3v) is 4.31. The summed E-state index contributed by atoms with van der Waals surface area (Å²) in [6.45, 7) is 6.39. The second-order valence-electron chi connectivity index (χ2n) is 6.57. The molecule has 0 radical (unpaired) electrons. The van der Waals surface area contributed by atoms with Crippen LogP contribution < -0.4 is 9.47 Å². The molecule has 0 fully saturated rings. The molecule has 0 aliphatic rings. The maximum atomic E-state index is 11.6. The summed E-state index contributed by atoms with van der Waals surface area (Å²) < 4.78 is 16.5. The molecule has 0 spiro atoms. The van der Waals surface area contributed by atoms with Gasteiger partial charge in [0.2, 0.25) is 0 Å². The number of hydrogen-bond acceptors (Lipinski definition) is 6. The molecule has 2 aromatic rings. The molecule has 0 amide bonds. The standard InChI is InChI=1S/C23H28O6/c1-4-18-14-20(16(3)24)21(25)15-22(18)29-11-7-10-28-19-9-6-8-17(12-19)13-23(26)27-5-2/h6,8-9,12,14-15,25H,4-5,7,10-11,13H2,1-3H3. The lowest BCUT2D eigenvalue weighted by molar-refractivity contribution is -0.142. The molecule has 0 heterocycles. The highest BCUT2D eigenvalue weighted by Gasteiger charge is 2.12. The number of esters is 1. The van der Waals surface area contributed by atoms with E-state index in [-0.39, 0.29) is 23.9 Å². The van der Waals surface area contributed by atoms with Crippen LogP contribution in [0.4, 0.5) is 0 Å². The Balaban J connectivity index is 1.84. The van der Waals surface area contributed by atoms with E-state index in [0.717, 1.165) is 11.1 Å². The molecule has 1 N–H and O–H groups in total. The fraction of sp³-hybridized carbons (Fsp3) is 0.391. The van der Waals surface area contributed by atoms with E-state index >= 15 is 0 Å². The van der Waals surface area contributed by atoms with Gasteiger partial charge in [-0.2, -0.15) is 0 Å². The van der Waals surface area contributed by atoms with E-state index in [1.54, 1.807) is 13.0 Å². The highest BCUT2D eigenvalue weighted by atomic mass is 16.5. The molecular formula is C23H28O6. The quantitative estimate of drug-likeness (QED) is 0.347. The molecule has 2 aromatic carbocycles. The number of carbonyl (C=O) groups excluding carboxylic acids is 2. The lowest BCUT2D eigenvalue weighted by atomic mass is 10.0. The first kappa shape index (κ1) is 22.3. The van der Waals surface area contributed by atoms with Crippen LogP contribution >= 0.6 is 0 Å². The number of ketones is 1. The number of aromatic hydroxyl groups is 1. The molecule has 29 heavy (non-hydrogen) atoms. The van der Waals surface area contributed by atoms with Gasteiger partial charge in [0.25, 0.3) is 0 Å². The van der Waals surface area contributed by atoms with E-state index in [0.29, 0.717) is 49.7 Å². The third kappa shape index (κ3) is 6.82. The van der Waals surface area contributed by atoms with Gasteiger partial charge >= 0.3 is 5.97 Å². The topological polar surface area (TPSA) is 82.1 Å². The predicted molar refractivity (Wildman–Crippen MR) is 110 cm³/mol. The molecule has 0 atom stereocenters. The number of hydrogen-bond donors (Lipinski definition) is 1. The molecule has 2 rings (SSSR count). The number of rotatable bonds is 11. The van der Waals surface area contributed by atoms with Crippen molar-refractivity contribution in [2.75, 3.05) is 19.8 Å². The molecule has 0 aliphatic carbocycles. The summed E-state index contributed by atoms with van der Waals surface area (Å²) in [4.78, 5) is 23.1. The van der Waals surface area contributed by atoms with Gasteiger partial charge in [0, 0.05) is 12.5 Å². The largest absolute Gasteiger partial charge is 0.507 e. The Labute approximate surface area is 171 Å². The Morgan fingerprint density at radius 2 is 1.79 bits per heavy atom. The second kappa shape index (κ2) is 11.1. The Kier molecular flexibility index (Phi) is 8.52. The first-order valence-corrected chi connectivity index (χ1v) is 9.81. The van der Waals surface area contributed by atoms with Gasteiger partial charge < -0.3 is 19.3 Å². The summed E-state index contributed by atoms with van der Waals surface area (Å²) in [7, 11) is 0. The average molecular weight is 400 g/mol. The average Bonchev–Trinajstić information content (AvgIpc) is 2.68. The summed E-state index contributed by atoms with van der Waals surface area (Å²) in [5, 5.41) is 10.00. The lowest BCUT2D eigenvalue weighted by Crippen LogP contribution is -2.08. The van der Waals surface area contributed by atoms with Crippen molar-refractivity contribution in [3.8, 4) is 17.2 Å². The van der Waals surface area contributed by atoms with Crippen LogP contribution in [0.15, 0.2) is 36.4 Å². The van der Waals surface area contributed by atoms with Crippen LogP contribution in [0.5, 0.6) is 17.2 Å². The summed E-state index contributed by atoms with van der Waals surface area (Å²) in [5.41, 5.74) is 2.02. The van der Waals surface area contributed by atoms with Gasteiger partial charge in [-0.15, -0.1) is 0 Å². The van der Waals surface area contributed by atoms with E-state index in [4.69, 9.17) is 14.2 Å². The molecule has 0 saturated carbocycles.